The van der Waals surface area contributed by atoms with Crippen molar-refractivity contribution in [3.05, 3.63) is 61.4 Å². The van der Waals surface area contributed by atoms with E-state index < -0.39 is 12.4 Å². The lowest BCUT2D eigenvalue weighted by molar-refractivity contribution is 0.0948. The van der Waals surface area contributed by atoms with Gasteiger partial charge in [0.15, 0.2) is 0 Å². The predicted octanol–water partition coefficient (Wildman–Crippen LogP) is 3.51. The highest BCUT2D eigenvalue weighted by atomic mass is 127. The van der Waals surface area contributed by atoms with Crippen molar-refractivity contribution in [2.24, 2.45) is 0 Å². The standard InChI is InChI=1S/C16H14ClFINO3/c1-23-15-6-14(19)12(17)5-11(15)16(22)20-7-9-2-3-13(18)10(4-9)8-21/h2-6,21H,7-8H2,1H3,(H,20,22). The van der Waals surface area contributed by atoms with E-state index in [1.54, 1.807) is 18.2 Å². The van der Waals surface area contributed by atoms with Gasteiger partial charge < -0.3 is 15.2 Å². The van der Waals surface area contributed by atoms with Crippen LogP contribution >= 0.6 is 34.2 Å². The van der Waals surface area contributed by atoms with Crippen LogP contribution in [0.2, 0.25) is 5.02 Å². The molecule has 0 unspecified atom stereocenters. The molecule has 1 amide bonds. The summed E-state index contributed by atoms with van der Waals surface area (Å²) < 4.78 is 19.3. The van der Waals surface area contributed by atoms with Crippen molar-refractivity contribution in [2.75, 3.05) is 7.11 Å². The molecule has 122 valence electrons. The fourth-order valence-corrected chi connectivity index (χ4v) is 2.61. The third-order valence-electron chi connectivity index (χ3n) is 3.22. The van der Waals surface area contributed by atoms with Crippen LogP contribution in [0.1, 0.15) is 21.5 Å². The van der Waals surface area contributed by atoms with Gasteiger partial charge in [-0.15, -0.1) is 0 Å². The van der Waals surface area contributed by atoms with Crippen molar-refractivity contribution in [1.29, 1.82) is 0 Å². The Morgan fingerprint density at radius 1 is 1.39 bits per heavy atom. The van der Waals surface area contributed by atoms with Crippen LogP contribution in [0.25, 0.3) is 0 Å². The van der Waals surface area contributed by atoms with Crippen molar-refractivity contribution in [3.63, 3.8) is 0 Å². The van der Waals surface area contributed by atoms with E-state index in [1.807, 2.05) is 0 Å². The van der Waals surface area contributed by atoms with E-state index in [4.69, 9.17) is 21.4 Å². The van der Waals surface area contributed by atoms with Crippen LogP contribution in [0.5, 0.6) is 5.75 Å². The highest BCUT2D eigenvalue weighted by molar-refractivity contribution is 14.1. The van der Waals surface area contributed by atoms with Gasteiger partial charge in [0, 0.05) is 15.7 Å². The topological polar surface area (TPSA) is 58.6 Å². The summed E-state index contributed by atoms with van der Waals surface area (Å²) in [5.74, 6) is -0.407. The van der Waals surface area contributed by atoms with Gasteiger partial charge >= 0.3 is 0 Å². The fraction of sp³-hybridized carbons (Fsp3) is 0.188. The lowest BCUT2D eigenvalue weighted by Crippen LogP contribution is -2.23. The van der Waals surface area contributed by atoms with E-state index in [1.165, 1.54) is 19.2 Å². The Morgan fingerprint density at radius 3 is 2.78 bits per heavy atom. The molecule has 0 aliphatic carbocycles. The number of nitrogens with one attached hydrogen (secondary N) is 1. The van der Waals surface area contributed by atoms with Crippen LogP contribution in [0.15, 0.2) is 30.3 Å². The summed E-state index contributed by atoms with van der Waals surface area (Å²) in [4.78, 5) is 12.3. The number of methoxy groups -OCH3 is 1. The van der Waals surface area contributed by atoms with Gasteiger partial charge in [-0.25, -0.2) is 4.39 Å². The van der Waals surface area contributed by atoms with Gasteiger partial charge in [0.1, 0.15) is 11.6 Å². The van der Waals surface area contributed by atoms with Gasteiger partial charge in [-0.2, -0.15) is 0 Å². The summed E-state index contributed by atoms with van der Waals surface area (Å²) >= 11 is 8.10. The maximum Gasteiger partial charge on any atom is 0.255 e. The Labute approximate surface area is 151 Å². The number of ether oxygens (including phenoxy) is 1. The molecule has 0 aromatic heterocycles. The third-order valence-corrected chi connectivity index (χ3v) is 4.74. The average molecular weight is 450 g/mol. The van der Waals surface area contributed by atoms with Crippen LogP contribution in [0, 0.1) is 9.39 Å². The number of halogens is 3. The van der Waals surface area contributed by atoms with Crippen molar-refractivity contribution in [1.82, 2.24) is 5.32 Å². The second kappa shape index (κ2) is 7.94. The van der Waals surface area contributed by atoms with Gasteiger partial charge in [0.25, 0.3) is 5.91 Å². The molecule has 0 spiro atoms. The Kier molecular flexibility index (Phi) is 6.20. The zero-order valence-corrected chi connectivity index (χ0v) is 15.1. The Hall–Kier alpha value is -1.38. The van der Waals surface area contributed by atoms with Crippen LogP contribution < -0.4 is 10.1 Å². The maximum atomic E-state index is 13.3. The van der Waals surface area contributed by atoms with Crippen LogP contribution in [0.4, 0.5) is 4.39 Å². The summed E-state index contributed by atoms with van der Waals surface area (Å²) in [7, 11) is 1.48. The summed E-state index contributed by atoms with van der Waals surface area (Å²) in [6.45, 7) is -0.201. The minimum Gasteiger partial charge on any atom is -0.496 e. The number of rotatable bonds is 5. The minimum absolute atomic E-state index is 0.187. The second-order valence-electron chi connectivity index (χ2n) is 4.73. The molecular formula is C16H14ClFINO3. The molecule has 0 aliphatic heterocycles. The molecule has 0 bridgehead atoms. The molecule has 7 heteroatoms. The molecule has 2 N–H and O–H groups in total. The first-order chi connectivity index (χ1) is 11.0. The lowest BCUT2D eigenvalue weighted by atomic mass is 10.1. The summed E-state index contributed by atoms with van der Waals surface area (Å²) in [6, 6.07) is 7.54. The smallest absolute Gasteiger partial charge is 0.255 e. The molecule has 2 aromatic carbocycles. The van der Waals surface area contributed by atoms with E-state index in [2.05, 4.69) is 27.9 Å². The molecule has 0 saturated carbocycles. The highest BCUT2D eigenvalue weighted by Gasteiger charge is 2.15. The Balaban J connectivity index is 2.15. The molecule has 0 aliphatic rings. The predicted molar refractivity (Wildman–Crippen MR) is 94.2 cm³/mol. The summed E-state index contributed by atoms with van der Waals surface area (Å²) in [5.41, 5.74) is 1.19. The number of hydrogen-bond acceptors (Lipinski definition) is 3. The van der Waals surface area contributed by atoms with E-state index in [0.717, 1.165) is 3.57 Å². The van der Waals surface area contributed by atoms with E-state index in [0.29, 0.717) is 21.9 Å². The molecule has 0 radical (unpaired) electrons. The van der Waals surface area contributed by atoms with Crippen molar-refractivity contribution in [3.8, 4) is 5.75 Å². The SMILES string of the molecule is COc1cc(I)c(Cl)cc1C(=O)NCc1ccc(F)c(CO)c1. The molecule has 0 fully saturated rings. The lowest BCUT2D eigenvalue weighted by Gasteiger charge is -2.11. The third kappa shape index (κ3) is 4.33. The highest BCUT2D eigenvalue weighted by Crippen LogP contribution is 2.28. The van der Waals surface area contributed by atoms with E-state index in [9.17, 15) is 9.18 Å². The molecule has 0 heterocycles. The van der Waals surface area contributed by atoms with Crippen LogP contribution in [-0.2, 0) is 13.2 Å². The molecule has 2 rings (SSSR count). The number of amides is 1. The van der Waals surface area contributed by atoms with Gasteiger partial charge in [0.05, 0.1) is 24.3 Å². The zero-order chi connectivity index (χ0) is 17.0. The largest absolute Gasteiger partial charge is 0.496 e. The Bertz CT molecular complexity index is 740. The fourth-order valence-electron chi connectivity index (χ4n) is 2.01. The van der Waals surface area contributed by atoms with Crippen LogP contribution in [-0.4, -0.2) is 18.1 Å². The molecule has 0 atom stereocenters. The molecular weight excluding hydrogens is 436 g/mol. The van der Waals surface area contributed by atoms with Crippen molar-refractivity contribution >= 4 is 40.1 Å². The van der Waals surface area contributed by atoms with Gasteiger partial charge in [-0.05, 0) is 52.4 Å². The first-order valence-electron chi connectivity index (χ1n) is 6.65. The minimum atomic E-state index is -0.478. The van der Waals surface area contributed by atoms with Gasteiger partial charge in [0.2, 0.25) is 0 Å². The molecule has 23 heavy (non-hydrogen) atoms. The number of benzene rings is 2. The first-order valence-corrected chi connectivity index (χ1v) is 8.11. The van der Waals surface area contributed by atoms with Crippen LogP contribution in [0.3, 0.4) is 0 Å². The Morgan fingerprint density at radius 2 is 2.13 bits per heavy atom. The maximum absolute atomic E-state index is 13.3. The van der Waals surface area contributed by atoms with E-state index >= 15 is 0 Å². The van der Waals surface area contributed by atoms with Gasteiger partial charge in [-0.1, -0.05) is 17.7 Å². The number of hydrogen-bond donors (Lipinski definition) is 2. The second-order valence-corrected chi connectivity index (χ2v) is 6.30. The summed E-state index contributed by atoms with van der Waals surface area (Å²) in [6.07, 6.45) is 0. The molecule has 4 nitrogen and oxygen atoms in total. The number of carbonyl (C=O) groups is 1. The molecule has 0 saturated heterocycles. The average Bonchev–Trinajstić information content (AvgIpc) is 2.55. The van der Waals surface area contributed by atoms with Crippen molar-refractivity contribution in [2.45, 2.75) is 13.2 Å². The monoisotopic (exact) mass is 449 g/mol. The van der Waals surface area contributed by atoms with Crippen molar-refractivity contribution < 1.29 is 19.0 Å². The number of aliphatic hydroxyl groups is 1. The number of aliphatic hydroxyl groups excluding tert-OH is 1. The zero-order valence-electron chi connectivity index (χ0n) is 12.2. The number of carbonyl (C=O) groups excluding carboxylic acids is 1. The normalized spacial score (nSPS) is 10.5. The van der Waals surface area contributed by atoms with Gasteiger partial charge in [-0.3, -0.25) is 4.79 Å². The van der Waals surface area contributed by atoms with E-state index in [-0.39, 0.29) is 18.0 Å². The quantitative estimate of drug-likeness (QED) is 0.687. The summed E-state index contributed by atoms with van der Waals surface area (Å²) in [5, 5.41) is 12.2. The first kappa shape index (κ1) is 18.0. The molecule has 2 aromatic rings.